The fourth-order valence-corrected chi connectivity index (χ4v) is 3.99. The van der Waals surface area contributed by atoms with E-state index in [1.807, 2.05) is 0 Å². The fourth-order valence-electron chi connectivity index (χ4n) is 3.99. The summed E-state index contributed by atoms with van der Waals surface area (Å²) < 4.78 is 30.5. The van der Waals surface area contributed by atoms with Crippen LogP contribution in [0.3, 0.4) is 0 Å². The van der Waals surface area contributed by atoms with Gasteiger partial charge in [-0.3, -0.25) is 9.69 Å². The maximum Gasteiger partial charge on any atom is 0.278 e. The van der Waals surface area contributed by atoms with E-state index in [1.165, 1.54) is 38.2 Å². The Bertz CT molecular complexity index is 973. The second kappa shape index (κ2) is 5.31. The van der Waals surface area contributed by atoms with Gasteiger partial charge in [0.2, 0.25) is 0 Å². The van der Waals surface area contributed by atoms with Gasteiger partial charge in [-0.2, -0.15) is 0 Å². The van der Waals surface area contributed by atoms with Gasteiger partial charge in [-0.05, 0) is 23.6 Å². The molecule has 4 rings (SSSR count). The minimum absolute atomic E-state index is 0.0282. The van der Waals surface area contributed by atoms with Gasteiger partial charge in [0.15, 0.2) is 11.5 Å². The molecule has 0 fully saturated rings. The number of hydrogen-bond acceptors (Lipinski definition) is 5. The van der Waals surface area contributed by atoms with Gasteiger partial charge in [0.05, 0.1) is 0 Å². The first-order valence-electron chi connectivity index (χ1n) is 8.52. The summed E-state index contributed by atoms with van der Waals surface area (Å²) >= 11 is 0. The van der Waals surface area contributed by atoms with Crippen molar-refractivity contribution in [3.8, 4) is 11.1 Å². The van der Waals surface area contributed by atoms with E-state index >= 15 is 8.78 Å². The summed E-state index contributed by atoms with van der Waals surface area (Å²) in [5.41, 5.74) is 4.26. The third-order valence-electron chi connectivity index (χ3n) is 5.55. The molecule has 8 heteroatoms. The quantitative estimate of drug-likeness (QED) is 0.835. The highest BCUT2D eigenvalue weighted by atomic mass is 19.3. The Balaban J connectivity index is 2.01. The molecular formula is C19H19F2N5O. The van der Waals surface area contributed by atoms with E-state index in [0.29, 0.717) is 11.1 Å². The monoisotopic (exact) mass is 371 g/mol. The van der Waals surface area contributed by atoms with Crippen LogP contribution in [0.15, 0.2) is 41.9 Å². The Morgan fingerprint density at radius 2 is 1.78 bits per heavy atom. The maximum absolute atomic E-state index is 15.2. The second-order valence-electron chi connectivity index (χ2n) is 7.72. The van der Waals surface area contributed by atoms with Gasteiger partial charge in [0.1, 0.15) is 6.33 Å². The Morgan fingerprint density at radius 1 is 1.11 bits per heavy atom. The highest BCUT2D eigenvalue weighted by Crippen LogP contribution is 2.59. The molecule has 1 atom stereocenters. The smallest absolute Gasteiger partial charge is 0.278 e. The van der Waals surface area contributed by atoms with Gasteiger partial charge in [0, 0.05) is 36.0 Å². The second-order valence-corrected chi connectivity index (χ2v) is 7.72. The van der Waals surface area contributed by atoms with Crippen LogP contribution < -0.4 is 5.73 Å². The standard InChI is InChI=1S/C19H19F2N5O/c1-17(2)9-18(15(27)26(3)16(22)25-18)14-6-11(12-7-23-10-24-8-12)4-5-13(14)19(17,20)21/h4-8,10H,9H2,1-3H3,(H2,22,25). The lowest BCUT2D eigenvalue weighted by atomic mass is 9.62. The van der Waals surface area contributed by atoms with Crippen molar-refractivity contribution in [2.24, 2.45) is 16.1 Å². The van der Waals surface area contributed by atoms with E-state index in [1.54, 1.807) is 24.5 Å². The van der Waals surface area contributed by atoms with Crippen LogP contribution in [0, 0.1) is 5.41 Å². The fraction of sp³-hybridized carbons (Fsp3) is 0.368. The van der Waals surface area contributed by atoms with Gasteiger partial charge in [0.25, 0.3) is 11.8 Å². The third-order valence-corrected chi connectivity index (χ3v) is 5.55. The predicted octanol–water partition coefficient (Wildman–Crippen LogP) is 2.65. The number of rotatable bonds is 1. The largest absolute Gasteiger partial charge is 0.369 e. The molecule has 1 aromatic heterocycles. The van der Waals surface area contributed by atoms with E-state index < -0.39 is 22.8 Å². The molecule has 0 radical (unpaired) electrons. The molecular weight excluding hydrogens is 352 g/mol. The summed E-state index contributed by atoms with van der Waals surface area (Å²) in [6, 6.07) is 4.55. The molecule has 27 heavy (non-hydrogen) atoms. The molecule has 2 aliphatic rings. The zero-order chi connectivity index (χ0) is 19.6. The molecule has 2 heterocycles. The number of hydrogen-bond donors (Lipinski definition) is 1. The highest BCUT2D eigenvalue weighted by Gasteiger charge is 2.63. The Hall–Kier alpha value is -2.90. The highest BCUT2D eigenvalue weighted by molar-refractivity contribution is 6.07. The summed E-state index contributed by atoms with van der Waals surface area (Å²) in [5, 5.41) is 0. The van der Waals surface area contributed by atoms with E-state index in [0.717, 1.165) is 0 Å². The van der Waals surface area contributed by atoms with Crippen molar-refractivity contribution >= 4 is 11.9 Å². The maximum atomic E-state index is 15.2. The van der Waals surface area contributed by atoms with Crippen molar-refractivity contribution in [2.45, 2.75) is 31.7 Å². The minimum Gasteiger partial charge on any atom is -0.369 e. The van der Waals surface area contributed by atoms with Crippen LogP contribution in [0.5, 0.6) is 0 Å². The average molecular weight is 371 g/mol. The molecule has 1 aliphatic heterocycles. The summed E-state index contributed by atoms with van der Waals surface area (Å²) in [7, 11) is 1.50. The lowest BCUT2D eigenvalue weighted by Gasteiger charge is -2.46. The molecule has 0 saturated carbocycles. The molecule has 2 N–H and O–H groups in total. The van der Waals surface area contributed by atoms with Gasteiger partial charge in [-0.1, -0.05) is 26.0 Å². The van der Waals surface area contributed by atoms with E-state index in [9.17, 15) is 4.79 Å². The number of nitrogens with zero attached hydrogens (tertiary/aromatic N) is 4. The van der Waals surface area contributed by atoms with Crippen LogP contribution in [-0.2, 0) is 16.3 Å². The number of alkyl halides is 2. The summed E-state index contributed by atoms with van der Waals surface area (Å²) in [6.45, 7) is 2.90. The normalized spacial score (nSPS) is 25.4. The molecule has 0 bridgehead atoms. The van der Waals surface area contributed by atoms with Crippen molar-refractivity contribution in [3.05, 3.63) is 48.0 Å². The van der Waals surface area contributed by atoms with E-state index in [4.69, 9.17) is 5.73 Å². The Morgan fingerprint density at radius 3 is 2.37 bits per heavy atom. The van der Waals surface area contributed by atoms with Crippen LogP contribution in [0.2, 0.25) is 0 Å². The number of carbonyl (C=O) groups excluding carboxylic acids is 1. The minimum atomic E-state index is -3.12. The van der Waals surface area contributed by atoms with Crippen molar-refractivity contribution in [1.29, 1.82) is 0 Å². The summed E-state index contributed by atoms with van der Waals surface area (Å²) in [4.78, 5) is 26.6. The van der Waals surface area contributed by atoms with Crippen molar-refractivity contribution in [2.75, 3.05) is 7.05 Å². The zero-order valence-electron chi connectivity index (χ0n) is 15.2. The molecule has 1 unspecified atom stereocenters. The third kappa shape index (κ3) is 2.22. The number of halogens is 2. The number of amides is 1. The van der Waals surface area contributed by atoms with Crippen LogP contribution in [0.1, 0.15) is 31.4 Å². The molecule has 1 spiro atoms. The first-order valence-corrected chi connectivity index (χ1v) is 8.52. The molecule has 1 aliphatic carbocycles. The lowest BCUT2D eigenvalue weighted by molar-refractivity contribution is -0.151. The number of aliphatic imine (C=N–C) groups is 1. The van der Waals surface area contributed by atoms with Gasteiger partial charge in [-0.15, -0.1) is 0 Å². The predicted molar refractivity (Wildman–Crippen MR) is 95.8 cm³/mol. The number of aromatic nitrogens is 2. The SMILES string of the molecule is CN1C(=O)C2(CC(C)(C)C(F)(F)c3ccc(-c4cncnc4)cc32)N=C1N. The van der Waals surface area contributed by atoms with Crippen molar-refractivity contribution in [3.63, 3.8) is 0 Å². The first kappa shape index (κ1) is 17.5. The molecule has 1 aromatic carbocycles. The first-order chi connectivity index (χ1) is 12.6. The molecule has 140 valence electrons. The van der Waals surface area contributed by atoms with Crippen LogP contribution >= 0.6 is 0 Å². The average Bonchev–Trinajstić information content (AvgIpc) is 2.85. The van der Waals surface area contributed by atoms with E-state index in [-0.39, 0.29) is 23.5 Å². The molecule has 2 aromatic rings. The van der Waals surface area contributed by atoms with Gasteiger partial charge >= 0.3 is 0 Å². The van der Waals surface area contributed by atoms with Crippen LogP contribution in [-0.4, -0.2) is 33.8 Å². The Labute approximate surface area is 155 Å². The van der Waals surface area contributed by atoms with Crippen LogP contribution in [0.25, 0.3) is 11.1 Å². The van der Waals surface area contributed by atoms with E-state index in [2.05, 4.69) is 15.0 Å². The van der Waals surface area contributed by atoms with Crippen molar-refractivity contribution < 1.29 is 13.6 Å². The number of guanidine groups is 1. The number of fused-ring (bicyclic) bond motifs is 2. The van der Waals surface area contributed by atoms with Crippen molar-refractivity contribution in [1.82, 2.24) is 14.9 Å². The van der Waals surface area contributed by atoms with Gasteiger partial charge in [-0.25, -0.2) is 23.7 Å². The summed E-state index contributed by atoms with van der Waals surface area (Å²) in [6.07, 6.45) is 4.43. The Kier molecular flexibility index (Phi) is 3.44. The molecule has 6 nitrogen and oxygen atoms in total. The number of carbonyl (C=O) groups is 1. The molecule has 0 saturated heterocycles. The van der Waals surface area contributed by atoms with Crippen LogP contribution in [0.4, 0.5) is 8.78 Å². The zero-order valence-corrected chi connectivity index (χ0v) is 15.2. The van der Waals surface area contributed by atoms with Gasteiger partial charge < -0.3 is 5.73 Å². The summed E-state index contributed by atoms with van der Waals surface area (Å²) in [5.74, 6) is -3.49. The topological polar surface area (TPSA) is 84.5 Å². The number of nitrogens with two attached hydrogens (primary N) is 1. The number of likely N-dealkylation sites (N-methyl/N-ethyl adjacent to an activating group) is 1. The molecule has 1 amide bonds. The number of benzene rings is 1. The lowest BCUT2D eigenvalue weighted by Crippen LogP contribution is -2.51.